The first kappa shape index (κ1) is 14.3. The van der Waals surface area contributed by atoms with Crippen LogP contribution < -0.4 is 4.74 Å². The highest BCUT2D eigenvalue weighted by molar-refractivity contribution is 9.28. The lowest BCUT2D eigenvalue weighted by molar-refractivity contribution is 0.305. The minimum Gasteiger partial charge on any atom is -0.488 e. The van der Waals surface area contributed by atoms with Crippen LogP contribution in [0.3, 0.4) is 0 Å². The van der Waals surface area contributed by atoms with Crippen LogP contribution in [0, 0.1) is 5.82 Å². The molecule has 2 aromatic carbocycles. The highest BCUT2D eigenvalue weighted by atomic mass is 79.9. The molecule has 0 atom stereocenters. The average Bonchev–Trinajstić information content (AvgIpc) is 2.37. The van der Waals surface area contributed by atoms with Crippen LogP contribution in [0.1, 0.15) is 11.1 Å². The van der Waals surface area contributed by atoms with E-state index in [2.05, 4.69) is 31.9 Å². The summed E-state index contributed by atoms with van der Waals surface area (Å²) >= 11 is 6.65. The summed E-state index contributed by atoms with van der Waals surface area (Å²) in [4.78, 5) is 0. The van der Waals surface area contributed by atoms with Gasteiger partial charge >= 0.3 is 0 Å². The van der Waals surface area contributed by atoms with Crippen molar-refractivity contribution < 1.29 is 9.13 Å². The molecule has 0 fully saturated rings. The van der Waals surface area contributed by atoms with Crippen molar-refractivity contribution in [3.63, 3.8) is 0 Å². The highest BCUT2D eigenvalue weighted by Gasteiger charge is 2.02. The maximum atomic E-state index is 13.1. The third-order valence-electron chi connectivity index (χ3n) is 2.47. The Labute approximate surface area is 128 Å². The fraction of sp³-hybridized carbons (Fsp3) is 0.0667. The van der Waals surface area contributed by atoms with Gasteiger partial charge in [0.25, 0.3) is 0 Å². The summed E-state index contributed by atoms with van der Waals surface area (Å²) in [5, 5.41) is 0. The van der Waals surface area contributed by atoms with E-state index in [-0.39, 0.29) is 5.82 Å². The molecule has 0 saturated carbocycles. The van der Waals surface area contributed by atoms with E-state index < -0.39 is 0 Å². The Bertz CT molecular complexity index is 592. The number of rotatable bonds is 4. The number of hydrogen-bond acceptors (Lipinski definition) is 1. The molecule has 0 aliphatic rings. The Hall–Kier alpha value is -1.13. The van der Waals surface area contributed by atoms with Crippen molar-refractivity contribution in [2.75, 3.05) is 0 Å². The number of para-hydroxylation sites is 1. The molecular formula is C15H11Br2FO. The van der Waals surface area contributed by atoms with Crippen LogP contribution in [-0.2, 0) is 6.61 Å². The second kappa shape index (κ2) is 6.87. The zero-order valence-corrected chi connectivity index (χ0v) is 13.1. The third kappa shape index (κ3) is 4.48. The molecule has 19 heavy (non-hydrogen) atoms. The number of hydrogen-bond donors (Lipinski definition) is 0. The molecule has 0 spiro atoms. The lowest BCUT2D eigenvalue weighted by Gasteiger charge is -2.09. The molecule has 1 nitrogen and oxygen atoms in total. The highest BCUT2D eigenvalue weighted by Crippen LogP contribution is 2.25. The fourth-order valence-electron chi connectivity index (χ4n) is 1.64. The zero-order valence-electron chi connectivity index (χ0n) is 9.95. The molecular weight excluding hydrogens is 375 g/mol. The minimum atomic E-state index is -0.252. The topological polar surface area (TPSA) is 9.23 Å². The molecule has 0 radical (unpaired) electrons. The average molecular weight is 386 g/mol. The molecule has 0 aromatic heterocycles. The van der Waals surface area contributed by atoms with Gasteiger partial charge in [-0.2, -0.15) is 0 Å². The van der Waals surface area contributed by atoms with Gasteiger partial charge in [-0.05, 0) is 61.7 Å². The molecule has 0 aliphatic heterocycles. The number of ether oxygens (including phenoxy) is 1. The van der Waals surface area contributed by atoms with Crippen molar-refractivity contribution in [3.05, 3.63) is 68.9 Å². The summed E-state index contributed by atoms with van der Waals surface area (Å²) in [6.07, 6.45) is 1.90. The van der Waals surface area contributed by atoms with Gasteiger partial charge in [-0.3, -0.25) is 0 Å². The SMILES string of the molecule is Fc1cccc(COc2ccccc2C=C(Br)Br)c1. The van der Waals surface area contributed by atoms with E-state index >= 15 is 0 Å². The van der Waals surface area contributed by atoms with Crippen LogP contribution in [-0.4, -0.2) is 0 Å². The van der Waals surface area contributed by atoms with E-state index in [1.54, 1.807) is 6.07 Å². The normalized spacial score (nSPS) is 10.1. The van der Waals surface area contributed by atoms with Gasteiger partial charge in [-0.1, -0.05) is 30.3 Å². The first-order valence-corrected chi connectivity index (χ1v) is 7.23. The van der Waals surface area contributed by atoms with Gasteiger partial charge in [0.05, 0.1) is 3.39 Å². The Morgan fingerprint density at radius 1 is 1.11 bits per heavy atom. The molecule has 98 valence electrons. The van der Waals surface area contributed by atoms with E-state index in [0.717, 1.165) is 20.3 Å². The summed E-state index contributed by atoms with van der Waals surface area (Å²) in [6.45, 7) is 0.336. The Kier molecular flexibility index (Phi) is 5.16. The van der Waals surface area contributed by atoms with E-state index in [4.69, 9.17) is 4.74 Å². The van der Waals surface area contributed by atoms with Gasteiger partial charge < -0.3 is 4.74 Å². The van der Waals surface area contributed by atoms with Crippen molar-refractivity contribution in [3.8, 4) is 5.75 Å². The van der Waals surface area contributed by atoms with Crippen molar-refractivity contribution in [1.29, 1.82) is 0 Å². The van der Waals surface area contributed by atoms with Gasteiger partial charge in [0.2, 0.25) is 0 Å². The number of benzene rings is 2. The largest absolute Gasteiger partial charge is 0.488 e. The van der Waals surface area contributed by atoms with Gasteiger partial charge in [-0.25, -0.2) is 4.39 Å². The molecule has 0 unspecified atom stereocenters. The van der Waals surface area contributed by atoms with E-state index in [1.807, 2.05) is 36.4 Å². The number of halogens is 3. The van der Waals surface area contributed by atoms with Crippen LogP contribution in [0.5, 0.6) is 5.75 Å². The zero-order chi connectivity index (χ0) is 13.7. The van der Waals surface area contributed by atoms with Crippen LogP contribution >= 0.6 is 31.9 Å². The Balaban J connectivity index is 2.13. The van der Waals surface area contributed by atoms with Gasteiger partial charge in [0.1, 0.15) is 18.2 Å². The van der Waals surface area contributed by atoms with Crippen molar-refractivity contribution in [2.45, 2.75) is 6.61 Å². The summed E-state index contributed by atoms with van der Waals surface area (Å²) in [6, 6.07) is 14.1. The second-order valence-electron chi connectivity index (χ2n) is 3.89. The lowest BCUT2D eigenvalue weighted by Crippen LogP contribution is -1.97. The van der Waals surface area contributed by atoms with Gasteiger partial charge in [-0.15, -0.1) is 0 Å². The van der Waals surface area contributed by atoms with Crippen LogP contribution in [0.25, 0.3) is 6.08 Å². The van der Waals surface area contributed by atoms with E-state index in [0.29, 0.717) is 6.61 Å². The van der Waals surface area contributed by atoms with E-state index in [1.165, 1.54) is 12.1 Å². The predicted molar refractivity (Wildman–Crippen MR) is 83.0 cm³/mol. The lowest BCUT2D eigenvalue weighted by atomic mass is 10.2. The van der Waals surface area contributed by atoms with Crippen molar-refractivity contribution in [1.82, 2.24) is 0 Å². The maximum Gasteiger partial charge on any atom is 0.127 e. The maximum absolute atomic E-state index is 13.1. The third-order valence-corrected chi connectivity index (χ3v) is 2.92. The standard InChI is InChI=1S/C15H11Br2FO/c16-15(17)9-12-5-1-2-7-14(12)19-10-11-4-3-6-13(18)8-11/h1-9H,10H2. The predicted octanol–water partition coefficient (Wildman–Crippen LogP) is 5.49. The summed E-state index contributed by atoms with van der Waals surface area (Å²) in [5.74, 6) is 0.501. The molecule has 0 amide bonds. The molecule has 0 N–H and O–H groups in total. The van der Waals surface area contributed by atoms with E-state index in [9.17, 15) is 4.39 Å². The molecule has 2 rings (SSSR count). The van der Waals surface area contributed by atoms with Crippen LogP contribution in [0.2, 0.25) is 0 Å². The quantitative estimate of drug-likeness (QED) is 0.675. The molecule has 0 heterocycles. The summed E-state index contributed by atoms with van der Waals surface area (Å²) in [5.41, 5.74) is 1.75. The first-order valence-electron chi connectivity index (χ1n) is 5.64. The molecule has 0 saturated heterocycles. The summed E-state index contributed by atoms with van der Waals surface area (Å²) < 4.78 is 19.6. The Morgan fingerprint density at radius 2 is 1.89 bits per heavy atom. The fourth-order valence-corrected chi connectivity index (χ4v) is 2.13. The van der Waals surface area contributed by atoms with Gasteiger partial charge in [0.15, 0.2) is 0 Å². The van der Waals surface area contributed by atoms with Crippen molar-refractivity contribution in [2.24, 2.45) is 0 Å². The Morgan fingerprint density at radius 3 is 2.63 bits per heavy atom. The second-order valence-corrected chi connectivity index (χ2v) is 6.66. The molecule has 4 heteroatoms. The van der Waals surface area contributed by atoms with Crippen LogP contribution in [0.15, 0.2) is 51.9 Å². The molecule has 0 aliphatic carbocycles. The first-order chi connectivity index (χ1) is 9.15. The van der Waals surface area contributed by atoms with Crippen LogP contribution in [0.4, 0.5) is 4.39 Å². The summed E-state index contributed by atoms with van der Waals surface area (Å²) in [7, 11) is 0. The molecule has 2 aromatic rings. The minimum absolute atomic E-state index is 0.252. The monoisotopic (exact) mass is 384 g/mol. The van der Waals surface area contributed by atoms with Crippen molar-refractivity contribution >= 4 is 37.9 Å². The molecule has 0 bridgehead atoms. The van der Waals surface area contributed by atoms with Gasteiger partial charge in [0, 0.05) is 5.56 Å². The smallest absolute Gasteiger partial charge is 0.127 e.